The minimum absolute atomic E-state index is 0.196. The Morgan fingerprint density at radius 1 is 0.806 bits per heavy atom. The summed E-state index contributed by atoms with van der Waals surface area (Å²) in [6.45, 7) is 1.97. The van der Waals surface area contributed by atoms with Crippen molar-refractivity contribution in [2.45, 2.75) is 6.92 Å². The molecule has 0 radical (unpaired) electrons. The molecule has 3 aromatic carbocycles. The van der Waals surface area contributed by atoms with Gasteiger partial charge in [-0.2, -0.15) is 0 Å². The highest BCUT2D eigenvalue weighted by molar-refractivity contribution is 6.46. The fraction of sp³-hybridized carbons (Fsp3) is 0.120. The zero-order valence-electron chi connectivity index (χ0n) is 17.5. The first-order chi connectivity index (χ1) is 15.0. The van der Waals surface area contributed by atoms with Crippen molar-refractivity contribution in [2.75, 3.05) is 24.4 Å². The molecular weight excluding hydrogens is 392 g/mol. The van der Waals surface area contributed by atoms with E-state index in [1.165, 1.54) is 7.11 Å². The van der Waals surface area contributed by atoms with Gasteiger partial charge in [0.2, 0.25) is 0 Å². The van der Waals surface area contributed by atoms with Crippen LogP contribution in [0.2, 0.25) is 0 Å². The van der Waals surface area contributed by atoms with Gasteiger partial charge in [0.05, 0.1) is 31.2 Å². The quantitative estimate of drug-likeness (QED) is 0.605. The first-order valence-corrected chi connectivity index (χ1v) is 9.77. The van der Waals surface area contributed by atoms with E-state index >= 15 is 0 Å². The van der Waals surface area contributed by atoms with Crippen LogP contribution in [0.25, 0.3) is 5.57 Å². The number of ether oxygens (including phenoxy) is 2. The van der Waals surface area contributed by atoms with Crippen molar-refractivity contribution in [1.29, 1.82) is 0 Å². The van der Waals surface area contributed by atoms with Gasteiger partial charge in [0, 0.05) is 6.07 Å². The predicted octanol–water partition coefficient (Wildman–Crippen LogP) is 4.41. The molecule has 6 nitrogen and oxygen atoms in total. The molecule has 4 rings (SSSR count). The standard InChI is InChI=1S/C25H22N2O4/c1-16-11-13-17(14-12-16)22-23(26-20-9-4-5-10-21(20)31-3)25(29)27(24(22)28)18-7-6-8-19(15-18)30-2/h4-15,26H,1-3H3. The summed E-state index contributed by atoms with van der Waals surface area (Å²) in [5, 5.41) is 3.14. The normalized spacial score (nSPS) is 13.6. The number of anilines is 2. The highest BCUT2D eigenvalue weighted by Crippen LogP contribution is 2.36. The zero-order valence-corrected chi connectivity index (χ0v) is 17.5. The molecule has 0 aliphatic carbocycles. The number of carbonyl (C=O) groups is 2. The smallest absolute Gasteiger partial charge is 0.282 e. The highest BCUT2D eigenvalue weighted by Gasteiger charge is 2.40. The van der Waals surface area contributed by atoms with E-state index < -0.39 is 11.8 Å². The van der Waals surface area contributed by atoms with Gasteiger partial charge in [0.1, 0.15) is 17.2 Å². The molecule has 0 aromatic heterocycles. The van der Waals surface area contributed by atoms with Crippen LogP contribution in [0.1, 0.15) is 11.1 Å². The molecule has 0 saturated carbocycles. The number of aryl methyl sites for hydroxylation is 1. The summed E-state index contributed by atoms with van der Waals surface area (Å²) < 4.78 is 10.7. The predicted molar refractivity (Wildman–Crippen MR) is 120 cm³/mol. The monoisotopic (exact) mass is 414 g/mol. The third kappa shape index (κ3) is 3.75. The van der Waals surface area contributed by atoms with Gasteiger partial charge in [-0.1, -0.05) is 48.0 Å². The van der Waals surface area contributed by atoms with Crippen molar-refractivity contribution in [3.05, 3.63) is 89.6 Å². The van der Waals surface area contributed by atoms with Crippen LogP contribution in [-0.4, -0.2) is 26.0 Å². The Hall–Kier alpha value is -4.06. The zero-order chi connectivity index (χ0) is 22.0. The number of para-hydroxylation sites is 2. The molecule has 1 aliphatic heterocycles. The molecule has 2 amide bonds. The number of benzene rings is 3. The van der Waals surface area contributed by atoms with Gasteiger partial charge < -0.3 is 14.8 Å². The van der Waals surface area contributed by atoms with E-state index in [1.54, 1.807) is 43.5 Å². The van der Waals surface area contributed by atoms with Crippen LogP contribution in [0.3, 0.4) is 0 Å². The summed E-state index contributed by atoms with van der Waals surface area (Å²) in [7, 11) is 3.09. The van der Waals surface area contributed by atoms with Gasteiger partial charge >= 0.3 is 0 Å². The van der Waals surface area contributed by atoms with Crippen LogP contribution in [0.4, 0.5) is 11.4 Å². The summed E-state index contributed by atoms with van der Waals surface area (Å²) in [4.78, 5) is 28.1. The number of hydrogen-bond acceptors (Lipinski definition) is 5. The Morgan fingerprint density at radius 2 is 1.55 bits per heavy atom. The molecule has 1 aliphatic rings. The third-order valence-corrected chi connectivity index (χ3v) is 5.10. The number of imide groups is 1. The van der Waals surface area contributed by atoms with E-state index in [4.69, 9.17) is 9.47 Å². The average molecular weight is 414 g/mol. The molecule has 0 unspecified atom stereocenters. The number of carbonyl (C=O) groups excluding carboxylic acids is 2. The summed E-state index contributed by atoms with van der Waals surface area (Å²) in [5.41, 5.74) is 3.26. The van der Waals surface area contributed by atoms with Gasteiger partial charge in [-0.25, -0.2) is 4.90 Å². The molecule has 6 heteroatoms. The van der Waals surface area contributed by atoms with Crippen molar-refractivity contribution in [1.82, 2.24) is 0 Å². The maximum Gasteiger partial charge on any atom is 0.282 e. The van der Waals surface area contributed by atoms with Crippen LogP contribution in [0.5, 0.6) is 11.5 Å². The Labute approximate surface area is 180 Å². The Morgan fingerprint density at radius 3 is 2.26 bits per heavy atom. The first-order valence-electron chi connectivity index (χ1n) is 9.77. The second kappa shape index (κ2) is 8.36. The summed E-state index contributed by atoms with van der Waals surface area (Å²) in [6, 6.07) is 21.6. The van der Waals surface area contributed by atoms with Crippen molar-refractivity contribution in [2.24, 2.45) is 0 Å². The lowest BCUT2D eigenvalue weighted by Gasteiger charge is -2.16. The number of nitrogens with zero attached hydrogens (tertiary/aromatic N) is 1. The van der Waals surface area contributed by atoms with E-state index in [0.29, 0.717) is 34.0 Å². The lowest BCUT2D eigenvalue weighted by molar-refractivity contribution is -0.120. The van der Waals surface area contributed by atoms with Crippen LogP contribution < -0.4 is 19.7 Å². The van der Waals surface area contributed by atoms with E-state index in [1.807, 2.05) is 43.3 Å². The van der Waals surface area contributed by atoms with Crippen molar-refractivity contribution in [3.63, 3.8) is 0 Å². The van der Waals surface area contributed by atoms with Crippen molar-refractivity contribution < 1.29 is 19.1 Å². The molecule has 1 N–H and O–H groups in total. The van der Waals surface area contributed by atoms with Crippen LogP contribution in [-0.2, 0) is 9.59 Å². The number of amides is 2. The number of rotatable bonds is 6. The SMILES string of the molecule is COc1cccc(N2C(=O)C(Nc3ccccc3OC)=C(c3ccc(C)cc3)C2=O)c1. The molecule has 0 fully saturated rings. The van der Waals surface area contributed by atoms with Gasteiger partial charge in [-0.3, -0.25) is 9.59 Å². The van der Waals surface area contributed by atoms with Crippen molar-refractivity contribution in [3.8, 4) is 11.5 Å². The lowest BCUT2D eigenvalue weighted by Crippen LogP contribution is -2.32. The van der Waals surface area contributed by atoms with Gasteiger partial charge in [-0.15, -0.1) is 0 Å². The average Bonchev–Trinajstić information content (AvgIpc) is 3.04. The Kier molecular flexibility index (Phi) is 5.45. The Balaban J connectivity index is 1.84. The summed E-state index contributed by atoms with van der Waals surface area (Å²) >= 11 is 0. The third-order valence-electron chi connectivity index (χ3n) is 5.10. The molecule has 0 atom stereocenters. The van der Waals surface area contributed by atoms with Gasteiger partial charge in [0.15, 0.2) is 0 Å². The Bertz CT molecular complexity index is 1180. The first kappa shape index (κ1) is 20.2. The van der Waals surface area contributed by atoms with E-state index in [2.05, 4.69) is 5.32 Å². The van der Waals surface area contributed by atoms with Crippen molar-refractivity contribution >= 4 is 28.8 Å². The fourth-order valence-corrected chi connectivity index (χ4v) is 3.50. The largest absolute Gasteiger partial charge is 0.497 e. The summed E-state index contributed by atoms with van der Waals surface area (Å²) in [5.74, 6) is 0.277. The molecule has 0 bridgehead atoms. The summed E-state index contributed by atoms with van der Waals surface area (Å²) in [6.07, 6.45) is 0. The molecule has 0 saturated heterocycles. The topological polar surface area (TPSA) is 67.9 Å². The minimum Gasteiger partial charge on any atom is -0.497 e. The van der Waals surface area contributed by atoms with Gasteiger partial charge in [0.25, 0.3) is 11.8 Å². The second-order valence-corrected chi connectivity index (χ2v) is 7.09. The number of hydrogen-bond donors (Lipinski definition) is 1. The number of methoxy groups -OCH3 is 2. The maximum atomic E-state index is 13.5. The molecular formula is C25H22N2O4. The molecule has 1 heterocycles. The fourth-order valence-electron chi connectivity index (χ4n) is 3.50. The molecule has 31 heavy (non-hydrogen) atoms. The molecule has 0 spiro atoms. The maximum absolute atomic E-state index is 13.5. The van der Waals surface area contributed by atoms with E-state index in [-0.39, 0.29) is 5.70 Å². The van der Waals surface area contributed by atoms with Crippen LogP contribution >= 0.6 is 0 Å². The molecule has 156 valence electrons. The van der Waals surface area contributed by atoms with E-state index in [0.717, 1.165) is 10.5 Å². The lowest BCUT2D eigenvalue weighted by atomic mass is 10.0. The second-order valence-electron chi connectivity index (χ2n) is 7.09. The molecule has 3 aromatic rings. The minimum atomic E-state index is -0.445. The number of nitrogens with one attached hydrogen (secondary N) is 1. The van der Waals surface area contributed by atoms with Gasteiger partial charge in [-0.05, 0) is 36.8 Å². The van der Waals surface area contributed by atoms with E-state index in [9.17, 15) is 9.59 Å². The highest BCUT2D eigenvalue weighted by atomic mass is 16.5. The van der Waals surface area contributed by atoms with Crippen LogP contribution in [0.15, 0.2) is 78.5 Å². The van der Waals surface area contributed by atoms with Crippen LogP contribution in [0, 0.1) is 6.92 Å².